The number of ether oxygens (including phenoxy) is 3. The fourth-order valence-electron chi connectivity index (χ4n) is 1.55. The van der Waals surface area contributed by atoms with Crippen LogP contribution in [0.4, 0.5) is 10.5 Å². The van der Waals surface area contributed by atoms with Gasteiger partial charge in [0.15, 0.2) is 11.5 Å². The van der Waals surface area contributed by atoms with Gasteiger partial charge < -0.3 is 30.0 Å². The van der Waals surface area contributed by atoms with E-state index in [0.29, 0.717) is 30.3 Å². The number of urea groups is 1. The van der Waals surface area contributed by atoms with Crippen LogP contribution < -0.4 is 20.1 Å². The van der Waals surface area contributed by atoms with Crippen molar-refractivity contribution in [2.24, 2.45) is 0 Å². The number of hydrogen-bond donors (Lipinski definition) is 3. The molecule has 7 heteroatoms. The SMILES string of the molecule is O=C(NCCOCCO)Nc1ccc2c(c1)OCO2. The van der Waals surface area contributed by atoms with Gasteiger partial charge in [0.2, 0.25) is 6.79 Å². The molecule has 0 fully saturated rings. The zero-order valence-electron chi connectivity index (χ0n) is 10.3. The first kappa shape index (κ1) is 13.4. The Hall–Kier alpha value is -1.99. The molecule has 2 rings (SSSR count). The minimum Gasteiger partial charge on any atom is -0.454 e. The highest BCUT2D eigenvalue weighted by Gasteiger charge is 2.13. The topological polar surface area (TPSA) is 89.1 Å². The summed E-state index contributed by atoms with van der Waals surface area (Å²) in [7, 11) is 0. The van der Waals surface area contributed by atoms with E-state index in [9.17, 15) is 4.79 Å². The van der Waals surface area contributed by atoms with Crippen LogP contribution in [0.2, 0.25) is 0 Å². The lowest BCUT2D eigenvalue weighted by Crippen LogP contribution is -2.31. The van der Waals surface area contributed by atoms with Crippen LogP contribution in [-0.2, 0) is 4.74 Å². The number of aliphatic hydroxyl groups excluding tert-OH is 1. The Bertz CT molecular complexity index is 438. The van der Waals surface area contributed by atoms with E-state index < -0.39 is 0 Å². The third-order valence-electron chi connectivity index (χ3n) is 2.40. The molecule has 0 saturated carbocycles. The quantitative estimate of drug-likeness (QED) is 0.655. The summed E-state index contributed by atoms with van der Waals surface area (Å²) in [6, 6.07) is 4.84. The average molecular weight is 268 g/mol. The van der Waals surface area contributed by atoms with Crippen LogP contribution in [0.25, 0.3) is 0 Å². The van der Waals surface area contributed by atoms with Crippen molar-refractivity contribution in [3.63, 3.8) is 0 Å². The van der Waals surface area contributed by atoms with Crippen molar-refractivity contribution in [2.45, 2.75) is 0 Å². The minimum atomic E-state index is -0.327. The normalized spacial score (nSPS) is 12.3. The summed E-state index contributed by atoms with van der Waals surface area (Å²) in [6.45, 7) is 1.17. The maximum absolute atomic E-state index is 11.5. The van der Waals surface area contributed by atoms with E-state index in [2.05, 4.69) is 10.6 Å². The van der Waals surface area contributed by atoms with Crippen LogP contribution in [0.15, 0.2) is 18.2 Å². The molecule has 0 bridgehead atoms. The van der Waals surface area contributed by atoms with Gasteiger partial charge in [-0.05, 0) is 12.1 Å². The molecule has 1 aromatic rings. The third kappa shape index (κ3) is 4.01. The zero-order chi connectivity index (χ0) is 13.5. The van der Waals surface area contributed by atoms with Crippen LogP contribution in [0.3, 0.4) is 0 Å². The van der Waals surface area contributed by atoms with Crippen LogP contribution >= 0.6 is 0 Å². The molecule has 0 radical (unpaired) electrons. The second-order valence-electron chi connectivity index (χ2n) is 3.78. The number of aliphatic hydroxyl groups is 1. The van der Waals surface area contributed by atoms with Gasteiger partial charge in [0.1, 0.15) is 0 Å². The molecule has 2 amide bonds. The number of carbonyl (C=O) groups is 1. The van der Waals surface area contributed by atoms with E-state index in [4.69, 9.17) is 19.3 Å². The van der Waals surface area contributed by atoms with E-state index in [0.717, 1.165) is 0 Å². The Balaban J connectivity index is 1.73. The van der Waals surface area contributed by atoms with Crippen molar-refractivity contribution in [3.05, 3.63) is 18.2 Å². The molecule has 0 aliphatic carbocycles. The standard InChI is InChI=1S/C12H16N2O5/c15-4-6-17-5-3-13-12(16)14-9-1-2-10-11(7-9)19-8-18-10/h1-2,7,15H,3-6,8H2,(H2,13,14,16). The molecular weight excluding hydrogens is 252 g/mol. The summed E-state index contributed by atoms with van der Waals surface area (Å²) in [5.74, 6) is 1.28. The monoisotopic (exact) mass is 268 g/mol. The predicted molar refractivity (Wildman–Crippen MR) is 67.5 cm³/mol. The van der Waals surface area contributed by atoms with E-state index in [-0.39, 0.29) is 26.0 Å². The molecule has 1 heterocycles. The number of amides is 2. The molecule has 0 unspecified atom stereocenters. The Morgan fingerprint density at radius 2 is 2.16 bits per heavy atom. The summed E-state index contributed by atoms with van der Waals surface area (Å²) in [5, 5.41) is 13.8. The maximum atomic E-state index is 11.5. The predicted octanol–water partition coefficient (Wildman–Crippen LogP) is 0.546. The van der Waals surface area contributed by atoms with E-state index in [1.165, 1.54) is 0 Å². The van der Waals surface area contributed by atoms with Gasteiger partial charge in [-0.1, -0.05) is 0 Å². The molecule has 1 aliphatic heterocycles. The minimum absolute atomic E-state index is 0.0244. The Morgan fingerprint density at radius 1 is 1.32 bits per heavy atom. The fourth-order valence-corrected chi connectivity index (χ4v) is 1.55. The molecule has 0 atom stereocenters. The first-order chi connectivity index (χ1) is 9.29. The van der Waals surface area contributed by atoms with Gasteiger partial charge >= 0.3 is 6.03 Å². The molecule has 0 spiro atoms. The summed E-state index contributed by atoms with van der Waals surface area (Å²) >= 11 is 0. The number of benzene rings is 1. The number of carbonyl (C=O) groups excluding carboxylic acids is 1. The zero-order valence-corrected chi connectivity index (χ0v) is 10.3. The molecule has 1 aliphatic rings. The molecule has 0 aromatic heterocycles. The van der Waals surface area contributed by atoms with Crippen molar-refractivity contribution in [1.82, 2.24) is 5.32 Å². The summed E-state index contributed by atoms with van der Waals surface area (Å²) in [5.41, 5.74) is 0.623. The Labute approximate surface area is 110 Å². The van der Waals surface area contributed by atoms with Gasteiger partial charge in [-0.25, -0.2) is 4.79 Å². The molecule has 19 heavy (non-hydrogen) atoms. The van der Waals surface area contributed by atoms with Gasteiger partial charge in [-0.2, -0.15) is 0 Å². The van der Waals surface area contributed by atoms with Crippen LogP contribution in [0.1, 0.15) is 0 Å². The van der Waals surface area contributed by atoms with Crippen LogP contribution in [-0.4, -0.2) is 44.3 Å². The highest BCUT2D eigenvalue weighted by Crippen LogP contribution is 2.34. The highest BCUT2D eigenvalue weighted by molar-refractivity contribution is 5.89. The maximum Gasteiger partial charge on any atom is 0.319 e. The van der Waals surface area contributed by atoms with E-state index >= 15 is 0 Å². The van der Waals surface area contributed by atoms with Gasteiger partial charge in [0.25, 0.3) is 0 Å². The van der Waals surface area contributed by atoms with Crippen LogP contribution in [0, 0.1) is 0 Å². The van der Waals surface area contributed by atoms with Crippen molar-refractivity contribution >= 4 is 11.7 Å². The molecule has 1 aromatic carbocycles. The first-order valence-corrected chi connectivity index (χ1v) is 5.92. The van der Waals surface area contributed by atoms with Crippen molar-refractivity contribution in [1.29, 1.82) is 0 Å². The van der Waals surface area contributed by atoms with E-state index in [1.54, 1.807) is 18.2 Å². The largest absolute Gasteiger partial charge is 0.454 e. The number of anilines is 1. The number of rotatable bonds is 6. The second-order valence-corrected chi connectivity index (χ2v) is 3.78. The Morgan fingerprint density at radius 3 is 3.00 bits per heavy atom. The van der Waals surface area contributed by atoms with Gasteiger partial charge in [0, 0.05) is 18.3 Å². The molecule has 104 valence electrons. The van der Waals surface area contributed by atoms with Crippen LogP contribution in [0.5, 0.6) is 11.5 Å². The van der Waals surface area contributed by atoms with E-state index in [1.807, 2.05) is 0 Å². The Kier molecular flexibility index (Phi) is 4.82. The lowest BCUT2D eigenvalue weighted by atomic mass is 10.3. The molecule has 0 saturated heterocycles. The number of nitrogens with one attached hydrogen (secondary N) is 2. The number of hydrogen-bond acceptors (Lipinski definition) is 5. The average Bonchev–Trinajstić information content (AvgIpc) is 2.86. The summed E-state index contributed by atoms with van der Waals surface area (Å²) < 4.78 is 15.4. The summed E-state index contributed by atoms with van der Waals surface area (Å²) in [6.07, 6.45) is 0. The van der Waals surface area contributed by atoms with Crippen molar-refractivity contribution in [2.75, 3.05) is 38.5 Å². The van der Waals surface area contributed by atoms with Crippen molar-refractivity contribution < 1.29 is 24.1 Å². The lowest BCUT2D eigenvalue weighted by molar-refractivity contribution is 0.0950. The van der Waals surface area contributed by atoms with Gasteiger partial charge in [0.05, 0.1) is 19.8 Å². The number of fused-ring (bicyclic) bond motifs is 1. The lowest BCUT2D eigenvalue weighted by Gasteiger charge is -2.08. The molecular formula is C12H16N2O5. The van der Waals surface area contributed by atoms with Crippen molar-refractivity contribution in [3.8, 4) is 11.5 Å². The molecule has 3 N–H and O–H groups in total. The highest BCUT2D eigenvalue weighted by atomic mass is 16.7. The fraction of sp³-hybridized carbons (Fsp3) is 0.417. The van der Waals surface area contributed by atoms with Gasteiger partial charge in [-0.3, -0.25) is 0 Å². The third-order valence-corrected chi connectivity index (χ3v) is 2.40. The van der Waals surface area contributed by atoms with Gasteiger partial charge in [-0.15, -0.1) is 0 Å². The second kappa shape index (κ2) is 6.81. The first-order valence-electron chi connectivity index (χ1n) is 5.92. The summed E-state index contributed by atoms with van der Waals surface area (Å²) in [4.78, 5) is 11.5. The smallest absolute Gasteiger partial charge is 0.319 e. The molecule has 7 nitrogen and oxygen atoms in total.